The number of halogens is 1. The quantitative estimate of drug-likeness (QED) is 0.213. The van der Waals surface area contributed by atoms with Gasteiger partial charge in [-0.3, -0.25) is 5.43 Å². The SMILES string of the molecule is CCOC(=O)c1cnc(SC)nc1Nc1ccc(F)c(NN=CC=N)c1. The molecule has 1 aromatic carbocycles. The number of nitrogens with zero attached hydrogens (tertiary/aromatic N) is 3. The lowest BCUT2D eigenvalue weighted by atomic mass is 10.2. The van der Waals surface area contributed by atoms with Crippen molar-refractivity contribution in [3.8, 4) is 0 Å². The summed E-state index contributed by atoms with van der Waals surface area (Å²) >= 11 is 1.32. The lowest BCUT2D eigenvalue weighted by Crippen LogP contribution is -2.11. The standard InChI is InChI=1S/C16H17FN6O2S/c1-3-25-15(24)11-9-19-16(26-2)22-14(11)21-10-4-5-12(17)13(8-10)23-20-7-6-18/h4-9,18,23H,3H2,1-2H3,(H,19,21,22). The fraction of sp³-hybridized carbons (Fsp3) is 0.188. The van der Waals surface area contributed by atoms with Crippen LogP contribution in [0.2, 0.25) is 0 Å². The van der Waals surface area contributed by atoms with E-state index in [1.807, 2.05) is 6.26 Å². The third-order valence-electron chi connectivity index (χ3n) is 3.01. The van der Waals surface area contributed by atoms with Crippen LogP contribution in [0.25, 0.3) is 0 Å². The van der Waals surface area contributed by atoms with Gasteiger partial charge in [0.05, 0.1) is 18.5 Å². The zero-order valence-electron chi connectivity index (χ0n) is 14.1. The maximum Gasteiger partial charge on any atom is 0.343 e. The van der Waals surface area contributed by atoms with Crippen molar-refractivity contribution < 1.29 is 13.9 Å². The van der Waals surface area contributed by atoms with Crippen LogP contribution in [0.15, 0.2) is 34.7 Å². The molecule has 0 aliphatic heterocycles. The van der Waals surface area contributed by atoms with Crippen LogP contribution >= 0.6 is 11.8 Å². The van der Waals surface area contributed by atoms with E-state index < -0.39 is 11.8 Å². The highest BCUT2D eigenvalue weighted by Gasteiger charge is 2.16. The van der Waals surface area contributed by atoms with Crippen LogP contribution in [-0.4, -0.2) is 41.2 Å². The zero-order valence-corrected chi connectivity index (χ0v) is 14.9. The van der Waals surface area contributed by atoms with Gasteiger partial charge < -0.3 is 15.5 Å². The van der Waals surface area contributed by atoms with Gasteiger partial charge in [0.15, 0.2) is 5.16 Å². The molecule has 136 valence electrons. The van der Waals surface area contributed by atoms with Gasteiger partial charge in [0.1, 0.15) is 17.2 Å². The van der Waals surface area contributed by atoms with Crippen molar-refractivity contribution in [3.63, 3.8) is 0 Å². The molecule has 26 heavy (non-hydrogen) atoms. The number of esters is 1. The molecule has 0 radical (unpaired) electrons. The van der Waals surface area contributed by atoms with Crippen molar-refractivity contribution in [2.45, 2.75) is 12.1 Å². The van der Waals surface area contributed by atoms with Crippen LogP contribution in [0.4, 0.5) is 21.6 Å². The molecule has 0 aliphatic rings. The second-order valence-electron chi connectivity index (χ2n) is 4.72. The monoisotopic (exact) mass is 376 g/mol. The molecule has 10 heteroatoms. The smallest absolute Gasteiger partial charge is 0.343 e. The Kier molecular flexibility index (Phi) is 7.03. The highest BCUT2D eigenvalue weighted by molar-refractivity contribution is 7.98. The summed E-state index contributed by atoms with van der Waals surface area (Å²) in [7, 11) is 0. The first kappa shape index (κ1) is 19.3. The average molecular weight is 376 g/mol. The number of hydrogen-bond acceptors (Lipinski definition) is 9. The molecule has 0 aliphatic carbocycles. The molecule has 0 saturated carbocycles. The first-order chi connectivity index (χ1) is 12.6. The molecule has 0 unspecified atom stereocenters. The molecule has 2 aromatic rings. The molecule has 0 amide bonds. The number of benzene rings is 1. The van der Waals surface area contributed by atoms with Gasteiger partial charge in [0, 0.05) is 18.1 Å². The van der Waals surface area contributed by atoms with E-state index in [4.69, 9.17) is 10.1 Å². The van der Waals surface area contributed by atoms with Crippen molar-refractivity contribution in [2.75, 3.05) is 23.6 Å². The van der Waals surface area contributed by atoms with Gasteiger partial charge in [0.25, 0.3) is 0 Å². The van der Waals surface area contributed by atoms with Crippen molar-refractivity contribution in [1.29, 1.82) is 5.41 Å². The van der Waals surface area contributed by atoms with E-state index in [-0.39, 0.29) is 23.7 Å². The van der Waals surface area contributed by atoms with Gasteiger partial charge in [-0.2, -0.15) is 5.10 Å². The van der Waals surface area contributed by atoms with Crippen molar-refractivity contribution >= 4 is 47.4 Å². The van der Waals surface area contributed by atoms with Gasteiger partial charge in [-0.05, 0) is 31.4 Å². The summed E-state index contributed by atoms with van der Waals surface area (Å²) in [6.45, 7) is 1.92. The number of carbonyl (C=O) groups excluding carboxylic acids is 1. The number of carbonyl (C=O) groups is 1. The minimum absolute atomic E-state index is 0.102. The van der Waals surface area contributed by atoms with E-state index >= 15 is 0 Å². The van der Waals surface area contributed by atoms with Crippen LogP contribution < -0.4 is 10.7 Å². The Hall–Kier alpha value is -3.01. The second kappa shape index (κ2) is 9.47. The fourth-order valence-corrected chi connectivity index (χ4v) is 2.23. The third kappa shape index (κ3) is 4.99. The predicted molar refractivity (Wildman–Crippen MR) is 100 cm³/mol. The molecule has 1 aromatic heterocycles. The van der Waals surface area contributed by atoms with Crippen LogP contribution in [0.1, 0.15) is 17.3 Å². The van der Waals surface area contributed by atoms with Crippen molar-refractivity contribution in [1.82, 2.24) is 9.97 Å². The van der Waals surface area contributed by atoms with Gasteiger partial charge >= 0.3 is 5.97 Å². The van der Waals surface area contributed by atoms with Crippen molar-refractivity contribution in [2.24, 2.45) is 5.10 Å². The number of hydrogen-bond donors (Lipinski definition) is 3. The lowest BCUT2D eigenvalue weighted by molar-refractivity contribution is 0.0526. The maximum atomic E-state index is 13.8. The summed E-state index contributed by atoms with van der Waals surface area (Å²) in [5, 5.41) is 14.0. The molecule has 0 fully saturated rings. The molecule has 0 bridgehead atoms. The van der Waals surface area contributed by atoms with E-state index in [0.717, 1.165) is 6.21 Å². The van der Waals surface area contributed by atoms with E-state index in [9.17, 15) is 9.18 Å². The van der Waals surface area contributed by atoms with Crippen LogP contribution in [0, 0.1) is 11.2 Å². The molecule has 8 nitrogen and oxygen atoms in total. The molecular formula is C16H17FN6O2S. The third-order valence-corrected chi connectivity index (χ3v) is 3.57. The second-order valence-corrected chi connectivity index (χ2v) is 5.49. The Bertz CT molecular complexity index is 830. The van der Waals surface area contributed by atoms with E-state index in [1.165, 1.54) is 42.4 Å². The first-order valence-corrected chi connectivity index (χ1v) is 8.74. The van der Waals surface area contributed by atoms with Gasteiger partial charge in [-0.1, -0.05) is 11.8 Å². The van der Waals surface area contributed by atoms with Crippen LogP contribution in [-0.2, 0) is 4.74 Å². The number of hydrazone groups is 1. The molecule has 3 N–H and O–H groups in total. The Morgan fingerprint density at radius 1 is 1.50 bits per heavy atom. The van der Waals surface area contributed by atoms with Gasteiger partial charge in [-0.15, -0.1) is 0 Å². The summed E-state index contributed by atoms with van der Waals surface area (Å²) in [5.41, 5.74) is 3.25. The molecule has 1 heterocycles. The first-order valence-electron chi connectivity index (χ1n) is 7.51. The topological polar surface area (TPSA) is 112 Å². The van der Waals surface area contributed by atoms with Crippen molar-refractivity contribution in [3.05, 3.63) is 35.8 Å². The average Bonchev–Trinajstić information content (AvgIpc) is 2.64. The molecular weight excluding hydrogens is 359 g/mol. The molecule has 0 spiro atoms. The van der Waals surface area contributed by atoms with Crippen LogP contribution in [0.5, 0.6) is 0 Å². The molecule has 0 atom stereocenters. The molecule has 0 saturated heterocycles. The summed E-state index contributed by atoms with van der Waals surface area (Å²) in [6.07, 6.45) is 5.33. The Labute approximate surface area is 153 Å². The number of nitrogens with one attached hydrogen (secondary N) is 3. The summed E-state index contributed by atoms with van der Waals surface area (Å²) < 4.78 is 18.8. The fourth-order valence-electron chi connectivity index (χ4n) is 1.89. The number of rotatable bonds is 8. The highest BCUT2D eigenvalue weighted by Crippen LogP contribution is 2.25. The minimum Gasteiger partial charge on any atom is -0.462 e. The maximum absolute atomic E-state index is 13.8. The Balaban J connectivity index is 2.34. The number of aromatic nitrogens is 2. The zero-order chi connectivity index (χ0) is 18.9. The minimum atomic E-state index is -0.557. The summed E-state index contributed by atoms with van der Waals surface area (Å²) in [5.74, 6) is -0.821. The normalized spacial score (nSPS) is 10.6. The number of anilines is 3. The van der Waals surface area contributed by atoms with E-state index in [0.29, 0.717) is 10.8 Å². The predicted octanol–water partition coefficient (Wildman–Crippen LogP) is 3.31. The van der Waals surface area contributed by atoms with Crippen LogP contribution in [0.3, 0.4) is 0 Å². The number of ether oxygens (including phenoxy) is 1. The van der Waals surface area contributed by atoms with E-state index in [2.05, 4.69) is 25.8 Å². The lowest BCUT2D eigenvalue weighted by Gasteiger charge is -2.12. The number of thioether (sulfide) groups is 1. The summed E-state index contributed by atoms with van der Waals surface area (Å²) in [6, 6.07) is 4.20. The van der Waals surface area contributed by atoms with E-state index in [1.54, 1.807) is 6.92 Å². The Morgan fingerprint density at radius 2 is 2.31 bits per heavy atom. The highest BCUT2D eigenvalue weighted by atomic mass is 32.2. The molecule has 2 rings (SSSR count). The summed E-state index contributed by atoms with van der Waals surface area (Å²) in [4.78, 5) is 20.5. The largest absolute Gasteiger partial charge is 0.462 e. The van der Waals surface area contributed by atoms with Gasteiger partial charge in [0.2, 0.25) is 0 Å². The Morgan fingerprint density at radius 3 is 3.00 bits per heavy atom. The van der Waals surface area contributed by atoms with Gasteiger partial charge in [-0.25, -0.2) is 19.2 Å².